The Hall–Kier alpha value is -2.33. The van der Waals surface area contributed by atoms with Crippen molar-refractivity contribution in [3.05, 3.63) is 65.7 Å². The van der Waals surface area contributed by atoms with E-state index in [9.17, 15) is 4.79 Å². The SMILES string of the molecule is Cc1ccc(OCC(=O)O[C@@H](C)C[NH+](C)Cc2ccccc2)cc1. The molecule has 24 heavy (non-hydrogen) atoms. The minimum atomic E-state index is -0.337. The monoisotopic (exact) mass is 328 g/mol. The predicted molar refractivity (Wildman–Crippen MR) is 94.1 cm³/mol. The second-order valence-corrected chi connectivity index (χ2v) is 6.23. The van der Waals surface area contributed by atoms with Crippen molar-refractivity contribution in [2.24, 2.45) is 0 Å². The molecule has 0 aliphatic rings. The Morgan fingerprint density at radius 1 is 1.08 bits per heavy atom. The van der Waals surface area contributed by atoms with Crippen LogP contribution < -0.4 is 9.64 Å². The number of esters is 1. The third-order valence-corrected chi connectivity index (χ3v) is 3.69. The van der Waals surface area contributed by atoms with Gasteiger partial charge in [0.05, 0.1) is 7.05 Å². The zero-order valence-electron chi connectivity index (χ0n) is 14.6. The lowest BCUT2D eigenvalue weighted by atomic mass is 10.2. The molecule has 0 saturated heterocycles. The number of likely N-dealkylation sites (N-methyl/N-ethyl adjacent to an activating group) is 1. The Bertz CT molecular complexity index is 625. The van der Waals surface area contributed by atoms with Gasteiger partial charge in [0.1, 0.15) is 24.9 Å². The molecule has 0 radical (unpaired) electrons. The van der Waals surface area contributed by atoms with Crippen molar-refractivity contribution < 1.29 is 19.2 Å². The number of hydrogen-bond acceptors (Lipinski definition) is 3. The van der Waals surface area contributed by atoms with Gasteiger partial charge in [0, 0.05) is 5.56 Å². The fourth-order valence-corrected chi connectivity index (χ4v) is 2.58. The largest absolute Gasteiger partial charge is 0.482 e. The molecule has 0 spiro atoms. The van der Waals surface area contributed by atoms with Crippen molar-refractivity contribution >= 4 is 5.97 Å². The quantitative estimate of drug-likeness (QED) is 0.754. The summed E-state index contributed by atoms with van der Waals surface area (Å²) in [6.45, 7) is 5.52. The lowest BCUT2D eigenvalue weighted by Crippen LogP contribution is -3.08. The first-order valence-electron chi connectivity index (χ1n) is 8.27. The molecule has 0 saturated carbocycles. The normalized spacial score (nSPS) is 13.1. The van der Waals surface area contributed by atoms with Crippen molar-refractivity contribution in [1.29, 1.82) is 0 Å². The summed E-state index contributed by atoms with van der Waals surface area (Å²) in [6.07, 6.45) is -0.150. The van der Waals surface area contributed by atoms with Gasteiger partial charge in [-0.25, -0.2) is 4.79 Å². The Morgan fingerprint density at radius 2 is 1.75 bits per heavy atom. The first kappa shape index (κ1) is 18.0. The Morgan fingerprint density at radius 3 is 2.42 bits per heavy atom. The fourth-order valence-electron chi connectivity index (χ4n) is 2.58. The van der Waals surface area contributed by atoms with Crippen molar-refractivity contribution in [2.75, 3.05) is 20.2 Å². The average Bonchev–Trinajstić information content (AvgIpc) is 2.55. The molecule has 0 heterocycles. The molecule has 1 N–H and O–H groups in total. The van der Waals surface area contributed by atoms with Crippen LogP contribution in [0, 0.1) is 6.92 Å². The molecule has 128 valence electrons. The minimum absolute atomic E-state index is 0.0644. The third kappa shape index (κ3) is 6.42. The number of ether oxygens (including phenoxy) is 2. The van der Waals surface area contributed by atoms with Gasteiger partial charge < -0.3 is 14.4 Å². The van der Waals surface area contributed by atoms with E-state index in [1.807, 2.05) is 56.3 Å². The summed E-state index contributed by atoms with van der Waals surface area (Å²) in [7, 11) is 2.10. The van der Waals surface area contributed by atoms with Crippen LogP contribution in [0.1, 0.15) is 18.1 Å². The van der Waals surface area contributed by atoms with Gasteiger partial charge in [0.2, 0.25) is 0 Å². The van der Waals surface area contributed by atoms with Gasteiger partial charge in [-0.15, -0.1) is 0 Å². The lowest BCUT2D eigenvalue weighted by molar-refractivity contribution is -0.896. The highest BCUT2D eigenvalue weighted by atomic mass is 16.6. The standard InChI is InChI=1S/C20H25NO3/c1-16-9-11-19(12-10-16)23-15-20(22)24-17(2)13-21(3)14-18-7-5-4-6-8-18/h4-12,17H,13-15H2,1-3H3/p+1/t17-/m0/s1. The second kappa shape index (κ2) is 9.08. The number of benzene rings is 2. The van der Waals surface area contributed by atoms with Crippen LogP contribution >= 0.6 is 0 Å². The third-order valence-electron chi connectivity index (χ3n) is 3.69. The van der Waals surface area contributed by atoms with Crippen LogP contribution in [0.2, 0.25) is 0 Å². The molecule has 2 atom stereocenters. The zero-order chi connectivity index (χ0) is 17.4. The van der Waals surface area contributed by atoms with Gasteiger partial charge in [-0.3, -0.25) is 0 Å². The summed E-state index contributed by atoms with van der Waals surface area (Å²) in [5.74, 6) is 0.340. The van der Waals surface area contributed by atoms with E-state index in [4.69, 9.17) is 9.47 Å². The van der Waals surface area contributed by atoms with Gasteiger partial charge in [0.15, 0.2) is 6.61 Å². The molecule has 0 fully saturated rings. The molecule has 0 aromatic heterocycles. The lowest BCUT2D eigenvalue weighted by Gasteiger charge is -2.19. The van der Waals surface area contributed by atoms with Crippen LogP contribution in [-0.2, 0) is 16.1 Å². The number of carbonyl (C=O) groups is 1. The first-order valence-corrected chi connectivity index (χ1v) is 8.27. The van der Waals surface area contributed by atoms with E-state index >= 15 is 0 Å². The molecule has 2 aromatic rings. The number of nitrogens with one attached hydrogen (secondary N) is 1. The highest BCUT2D eigenvalue weighted by Crippen LogP contribution is 2.11. The maximum absolute atomic E-state index is 11.9. The van der Waals surface area contributed by atoms with Crippen LogP contribution in [0.4, 0.5) is 0 Å². The van der Waals surface area contributed by atoms with Crippen LogP contribution in [0.5, 0.6) is 5.75 Å². The number of carbonyl (C=O) groups excluding carboxylic acids is 1. The molecule has 0 aliphatic carbocycles. The van der Waals surface area contributed by atoms with Crippen molar-refractivity contribution in [3.8, 4) is 5.75 Å². The van der Waals surface area contributed by atoms with Gasteiger partial charge >= 0.3 is 5.97 Å². The van der Waals surface area contributed by atoms with Crippen LogP contribution in [0.15, 0.2) is 54.6 Å². The molecule has 4 nitrogen and oxygen atoms in total. The topological polar surface area (TPSA) is 40.0 Å². The average molecular weight is 328 g/mol. The van der Waals surface area contributed by atoms with Crippen LogP contribution in [0.3, 0.4) is 0 Å². The smallest absolute Gasteiger partial charge is 0.344 e. The Kier molecular flexibility index (Phi) is 6.82. The van der Waals surface area contributed by atoms with E-state index in [1.54, 1.807) is 0 Å². The van der Waals surface area contributed by atoms with Crippen LogP contribution in [-0.4, -0.2) is 32.3 Å². The molecular weight excluding hydrogens is 302 g/mol. The van der Waals surface area contributed by atoms with E-state index in [0.717, 1.165) is 18.7 Å². The number of aryl methyl sites for hydroxylation is 1. The summed E-state index contributed by atoms with van der Waals surface area (Å²) in [5.41, 5.74) is 2.43. The number of rotatable bonds is 8. The maximum Gasteiger partial charge on any atom is 0.344 e. The summed E-state index contributed by atoms with van der Waals surface area (Å²) in [4.78, 5) is 13.2. The summed E-state index contributed by atoms with van der Waals surface area (Å²) in [6, 6.07) is 17.9. The Labute approximate surface area is 144 Å². The summed E-state index contributed by atoms with van der Waals surface area (Å²) in [5, 5.41) is 0. The van der Waals surface area contributed by atoms with E-state index in [2.05, 4.69) is 19.2 Å². The van der Waals surface area contributed by atoms with Crippen molar-refractivity contribution in [1.82, 2.24) is 0 Å². The molecule has 0 bridgehead atoms. The number of quaternary nitrogens is 1. The highest BCUT2D eigenvalue weighted by molar-refractivity contribution is 5.71. The maximum atomic E-state index is 11.9. The van der Waals surface area contributed by atoms with Gasteiger partial charge in [-0.05, 0) is 26.0 Å². The Balaban J connectivity index is 1.70. The molecule has 0 amide bonds. The molecule has 4 heteroatoms. The molecule has 0 aliphatic heterocycles. The van der Waals surface area contributed by atoms with Gasteiger partial charge in [0.25, 0.3) is 0 Å². The highest BCUT2D eigenvalue weighted by Gasteiger charge is 2.15. The van der Waals surface area contributed by atoms with Gasteiger partial charge in [-0.2, -0.15) is 0 Å². The fraction of sp³-hybridized carbons (Fsp3) is 0.350. The molecule has 1 unspecified atom stereocenters. The summed E-state index contributed by atoms with van der Waals surface area (Å²) < 4.78 is 10.9. The van der Waals surface area contributed by atoms with E-state index in [-0.39, 0.29) is 18.7 Å². The van der Waals surface area contributed by atoms with Crippen molar-refractivity contribution in [3.63, 3.8) is 0 Å². The molecule has 2 aromatic carbocycles. The van der Waals surface area contributed by atoms with Crippen LogP contribution in [0.25, 0.3) is 0 Å². The molecular formula is C20H26NO3+. The second-order valence-electron chi connectivity index (χ2n) is 6.23. The zero-order valence-corrected chi connectivity index (χ0v) is 14.6. The number of hydrogen-bond donors (Lipinski definition) is 1. The minimum Gasteiger partial charge on any atom is -0.482 e. The molecule has 2 rings (SSSR count). The van der Waals surface area contributed by atoms with E-state index in [1.165, 1.54) is 10.5 Å². The van der Waals surface area contributed by atoms with Gasteiger partial charge in [-0.1, -0.05) is 48.0 Å². The van der Waals surface area contributed by atoms with E-state index in [0.29, 0.717) is 5.75 Å². The first-order chi connectivity index (χ1) is 11.5. The van der Waals surface area contributed by atoms with E-state index < -0.39 is 0 Å². The predicted octanol–water partition coefficient (Wildman–Crippen LogP) is 2.02. The summed E-state index contributed by atoms with van der Waals surface area (Å²) >= 11 is 0. The van der Waals surface area contributed by atoms with Crippen molar-refractivity contribution in [2.45, 2.75) is 26.5 Å².